The number of rotatable bonds is 3. The van der Waals surface area contributed by atoms with Gasteiger partial charge in [-0.15, -0.1) is 0 Å². The summed E-state index contributed by atoms with van der Waals surface area (Å²) >= 11 is 0. The maximum absolute atomic E-state index is 11.8. The van der Waals surface area contributed by atoms with Gasteiger partial charge in [0.1, 0.15) is 5.82 Å². The quantitative estimate of drug-likeness (QED) is 0.588. The summed E-state index contributed by atoms with van der Waals surface area (Å²) in [6.07, 6.45) is 1.57. The van der Waals surface area contributed by atoms with Gasteiger partial charge in [0.05, 0.1) is 10.9 Å². The number of carbonyl (C=O) groups is 1. The molecule has 0 radical (unpaired) electrons. The van der Waals surface area contributed by atoms with Crippen LogP contribution in [0.3, 0.4) is 0 Å². The lowest BCUT2D eigenvalue weighted by molar-refractivity contribution is 0.251. The molecule has 0 spiro atoms. The molecule has 0 saturated carbocycles. The number of amides is 2. The SMILES string of the molecule is Nc1n[nH]c2cc(NC(=O)NCc3ccccc3)ncc12. The zero-order valence-corrected chi connectivity index (χ0v) is 11.1. The van der Waals surface area contributed by atoms with Gasteiger partial charge in [-0.3, -0.25) is 10.4 Å². The number of carbonyl (C=O) groups excluding carboxylic acids is 1. The van der Waals surface area contributed by atoms with E-state index in [0.717, 1.165) is 16.5 Å². The van der Waals surface area contributed by atoms with Crippen LogP contribution in [0, 0.1) is 0 Å². The second kappa shape index (κ2) is 5.49. The van der Waals surface area contributed by atoms with Crippen LogP contribution in [0.4, 0.5) is 16.4 Å². The number of H-pyrrole nitrogens is 1. The number of urea groups is 1. The third-order valence-corrected chi connectivity index (χ3v) is 3.01. The molecule has 0 aliphatic heterocycles. The van der Waals surface area contributed by atoms with Crippen molar-refractivity contribution in [1.29, 1.82) is 0 Å². The summed E-state index contributed by atoms with van der Waals surface area (Å²) in [4.78, 5) is 15.9. The highest BCUT2D eigenvalue weighted by atomic mass is 16.2. The van der Waals surface area contributed by atoms with E-state index >= 15 is 0 Å². The molecule has 5 N–H and O–H groups in total. The fourth-order valence-corrected chi connectivity index (χ4v) is 1.94. The second-order valence-electron chi connectivity index (χ2n) is 4.52. The maximum atomic E-state index is 11.8. The zero-order valence-electron chi connectivity index (χ0n) is 11.1. The van der Waals surface area contributed by atoms with E-state index in [1.165, 1.54) is 0 Å². The Morgan fingerprint density at radius 2 is 2.10 bits per heavy atom. The maximum Gasteiger partial charge on any atom is 0.320 e. The molecule has 3 aromatic rings. The van der Waals surface area contributed by atoms with E-state index < -0.39 is 0 Å². The lowest BCUT2D eigenvalue weighted by atomic mass is 10.2. The Hall–Kier alpha value is -3.09. The monoisotopic (exact) mass is 282 g/mol. The highest BCUT2D eigenvalue weighted by molar-refractivity contribution is 5.93. The van der Waals surface area contributed by atoms with Crippen LogP contribution in [0.2, 0.25) is 0 Å². The third kappa shape index (κ3) is 2.92. The highest BCUT2D eigenvalue weighted by Gasteiger charge is 2.06. The van der Waals surface area contributed by atoms with Crippen LogP contribution in [-0.4, -0.2) is 21.2 Å². The number of nitrogen functional groups attached to an aromatic ring is 1. The molecule has 7 nitrogen and oxygen atoms in total. The highest BCUT2D eigenvalue weighted by Crippen LogP contribution is 2.18. The lowest BCUT2D eigenvalue weighted by Crippen LogP contribution is -2.28. The van der Waals surface area contributed by atoms with Crippen molar-refractivity contribution in [1.82, 2.24) is 20.5 Å². The van der Waals surface area contributed by atoms with Gasteiger partial charge in [0.2, 0.25) is 0 Å². The number of hydrogen-bond acceptors (Lipinski definition) is 4. The number of benzene rings is 1. The van der Waals surface area contributed by atoms with Crippen molar-refractivity contribution in [3.63, 3.8) is 0 Å². The first-order chi connectivity index (χ1) is 10.2. The molecule has 0 bridgehead atoms. The van der Waals surface area contributed by atoms with Gasteiger partial charge in [0.25, 0.3) is 0 Å². The van der Waals surface area contributed by atoms with Gasteiger partial charge in [-0.1, -0.05) is 30.3 Å². The minimum atomic E-state index is -0.321. The Labute approximate surface area is 120 Å². The van der Waals surface area contributed by atoms with Crippen LogP contribution in [0.1, 0.15) is 5.56 Å². The van der Waals surface area contributed by atoms with Gasteiger partial charge in [-0.05, 0) is 5.56 Å². The number of anilines is 2. The molecule has 0 aliphatic carbocycles. The predicted molar refractivity (Wildman–Crippen MR) is 80.6 cm³/mol. The summed E-state index contributed by atoms with van der Waals surface area (Å²) in [7, 11) is 0. The smallest absolute Gasteiger partial charge is 0.320 e. The molecular weight excluding hydrogens is 268 g/mol. The summed E-state index contributed by atoms with van der Waals surface area (Å²) in [5, 5.41) is 12.8. The van der Waals surface area contributed by atoms with Crippen molar-refractivity contribution >= 4 is 28.6 Å². The number of nitrogens with zero attached hydrogens (tertiary/aromatic N) is 2. The van der Waals surface area contributed by atoms with Crippen molar-refractivity contribution in [3.05, 3.63) is 48.2 Å². The van der Waals surface area contributed by atoms with Crippen LogP contribution in [0.5, 0.6) is 0 Å². The van der Waals surface area contributed by atoms with Crippen molar-refractivity contribution in [2.45, 2.75) is 6.54 Å². The molecule has 21 heavy (non-hydrogen) atoms. The van der Waals surface area contributed by atoms with Crippen LogP contribution < -0.4 is 16.4 Å². The average molecular weight is 282 g/mol. The van der Waals surface area contributed by atoms with Gasteiger partial charge in [0.15, 0.2) is 5.82 Å². The van der Waals surface area contributed by atoms with Crippen LogP contribution in [-0.2, 0) is 6.54 Å². The van der Waals surface area contributed by atoms with E-state index in [2.05, 4.69) is 25.8 Å². The molecule has 0 unspecified atom stereocenters. The summed E-state index contributed by atoms with van der Waals surface area (Å²) in [5.41, 5.74) is 7.41. The van der Waals surface area contributed by atoms with Crippen molar-refractivity contribution in [2.75, 3.05) is 11.1 Å². The second-order valence-corrected chi connectivity index (χ2v) is 4.52. The molecule has 0 fully saturated rings. The molecule has 7 heteroatoms. The number of aromatic amines is 1. The molecular formula is C14H14N6O. The third-order valence-electron chi connectivity index (χ3n) is 3.01. The Morgan fingerprint density at radius 1 is 1.29 bits per heavy atom. The predicted octanol–water partition coefficient (Wildman–Crippen LogP) is 1.86. The normalized spacial score (nSPS) is 10.5. The molecule has 1 aromatic carbocycles. The number of hydrogen-bond donors (Lipinski definition) is 4. The Morgan fingerprint density at radius 3 is 2.90 bits per heavy atom. The van der Waals surface area contributed by atoms with Crippen molar-refractivity contribution in [3.8, 4) is 0 Å². The van der Waals surface area contributed by atoms with Crippen molar-refractivity contribution in [2.24, 2.45) is 0 Å². The molecule has 0 saturated heterocycles. The van der Waals surface area contributed by atoms with Gasteiger partial charge in [-0.2, -0.15) is 5.10 Å². The Bertz CT molecular complexity index is 767. The number of aromatic nitrogens is 3. The zero-order chi connectivity index (χ0) is 14.7. The molecule has 3 rings (SSSR count). The number of nitrogens with one attached hydrogen (secondary N) is 3. The Balaban J connectivity index is 1.63. The Kier molecular flexibility index (Phi) is 3.38. The van der Waals surface area contributed by atoms with E-state index in [0.29, 0.717) is 18.2 Å². The average Bonchev–Trinajstić information content (AvgIpc) is 2.87. The lowest BCUT2D eigenvalue weighted by Gasteiger charge is -2.07. The van der Waals surface area contributed by atoms with Crippen LogP contribution in [0.25, 0.3) is 10.9 Å². The van der Waals surface area contributed by atoms with Gasteiger partial charge in [-0.25, -0.2) is 9.78 Å². The minimum Gasteiger partial charge on any atom is -0.382 e. The van der Waals surface area contributed by atoms with Crippen LogP contribution >= 0.6 is 0 Å². The number of pyridine rings is 1. The van der Waals surface area contributed by atoms with E-state index in [9.17, 15) is 4.79 Å². The van der Waals surface area contributed by atoms with E-state index in [-0.39, 0.29) is 6.03 Å². The number of nitrogens with two attached hydrogens (primary N) is 1. The first-order valence-electron chi connectivity index (χ1n) is 6.41. The van der Waals surface area contributed by atoms with Crippen LogP contribution in [0.15, 0.2) is 42.6 Å². The summed E-state index contributed by atoms with van der Waals surface area (Å²) in [6.45, 7) is 0.450. The van der Waals surface area contributed by atoms with Gasteiger partial charge < -0.3 is 11.1 Å². The largest absolute Gasteiger partial charge is 0.382 e. The standard InChI is InChI=1S/C14H14N6O/c15-13-10-8-16-12(6-11(10)19-20-13)18-14(21)17-7-9-4-2-1-3-5-9/h1-6,8H,7H2,(H3,15,19,20)(H2,16,17,18,21). The fourth-order valence-electron chi connectivity index (χ4n) is 1.94. The molecule has 2 amide bonds. The minimum absolute atomic E-state index is 0.321. The molecule has 0 atom stereocenters. The van der Waals surface area contributed by atoms with Gasteiger partial charge >= 0.3 is 6.03 Å². The van der Waals surface area contributed by atoms with E-state index in [4.69, 9.17) is 5.73 Å². The molecule has 2 heterocycles. The molecule has 0 aliphatic rings. The van der Waals surface area contributed by atoms with E-state index in [1.54, 1.807) is 12.3 Å². The topological polar surface area (TPSA) is 109 Å². The summed E-state index contributed by atoms with van der Waals surface area (Å²) in [5.74, 6) is 0.814. The fraction of sp³-hybridized carbons (Fsp3) is 0.0714. The first-order valence-corrected chi connectivity index (χ1v) is 6.41. The summed E-state index contributed by atoms with van der Waals surface area (Å²) < 4.78 is 0. The molecule has 106 valence electrons. The molecule has 2 aromatic heterocycles. The first kappa shape index (κ1) is 12.9. The number of fused-ring (bicyclic) bond motifs is 1. The van der Waals surface area contributed by atoms with Crippen molar-refractivity contribution < 1.29 is 4.79 Å². The van der Waals surface area contributed by atoms with E-state index in [1.807, 2.05) is 30.3 Å². The van der Waals surface area contributed by atoms with Gasteiger partial charge in [0, 0.05) is 18.8 Å². The summed E-state index contributed by atoms with van der Waals surface area (Å²) in [6, 6.07) is 11.0.